The van der Waals surface area contributed by atoms with E-state index in [9.17, 15) is 4.39 Å². The predicted octanol–water partition coefficient (Wildman–Crippen LogP) is 5.31. The SMILES string of the molecule is F/C(=C/C1CCCCC1)SCc1ccccc1. The van der Waals surface area contributed by atoms with Crippen LogP contribution in [0, 0.1) is 5.92 Å². The van der Waals surface area contributed by atoms with Crippen molar-refractivity contribution in [1.29, 1.82) is 0 Å². The average Bonchev–Trinajstić information content (AvgIpc) is 2.39. The Bertz CT molecular complexity index is 352. The highest BCUT2D eigenvalue weighted by molar-refractivity contribution is 8.02. The first-order valence-corrected chi connectivity index (χ1v) is 7.37. The van der Waals surface area contributed by atoms with Gasteiger partial charge in [-0.3, -0.25) is 0 Å². The predicted molar refractivity (Wildman–Crippen MR) is 73.5 cm³/mol. The van der Waals surface area contributed by atoms with E-state index in [1.165, 1.54) is 49.4 Å². The minimum absolute atomic E-state index is 0.000697. The minimum atomic E-state index is 0.000697. The molecule has 0 spiro atoms. The van der Waals surface area contributed by atoms with Crippen LogP contribution in [0.3, 0.4) is 0 Å². The normalized spacial score (nSPS) is 18.3. The first kappa shape index (κ1) is 12.7. The second-order valence-electron chi connectivity index (χ2n) is 4.64. The van der Waals surface area contributed by atoms with E-state index in [0.717, 1.165) is 5.75 Å². The molecule has 1 saturated carbocycles. The zero-order valence-electron chi connectivity index (χ0n) is 10.1. The van der Waals surface area contributed by atoms with Crippen LogP contribution in [0.4, 0.5) is 4.39 Å². The Morgan fingerprint density at radius 3 is 2.59 bits per heavy atom. The molecular formula is C15H19FS. The fraction of sp³-hybridized carbons (Fsp3) is 0.467. The number of hydrogen-bond acceptors (Lipinski definition) is 1. The molecule has 2 heteroatoms. The summed E-state index contributed by atoms with van der Waals surface area (Å²) >= 11 is 1.32. The van der Waals surface area contributed by atoms with Gasteiger partial charge in [-0.05, 0) is 30.4 Å². The van der Waals surface area contributed by atoms with Gasteiger partial charge in [0.15, 0.2) is 5.16 Å². The highest BCUT2D eigenvalue weighted by Crippen LogP contribution is 2.30. The Labute approximate surface area is 107 Å². The molecule has 1 fully saturated rings. The van der Waals surface area contributed by atoms with Crippen molar-refractivity contribution in [3.05, 3.63) is 47.1 Å². The Balaban J connectivity index is 1.80. The van der Waals surface area contributed by atoms with Crippen molar-refractivity contribution < 1.29 is 4.39 Å². The third-order valence-corrected chi connectivity index (χ3v) is 4.13. The molecule has 0 bridgehead atoms. The lowest BCUT2D eigenvalue weighted by Gasteiger charge is -2.17. The van der Waals surface area contributed by atoms with Gasteiger partial charge in [-0.1, -0.05) is 61.4 Å². The fourth-order valence-corrected chi connectivity index (χ4v) is 3.05. The van der Waals surface area contributed by atoms with Gasteiger partial charge in [0.25, 0.3) is 0 Å². The van der Waals surface area contributed by atoms with E-state index in [2.05, 4.69) is 0 Å². The first-order valence-electron chi connectivity index (χ1n) is 6.38. The van der Waals surface area contributed by atoms with Crippen LogP contribution < -0.4 is 0 Å². The number of allylic oxidation sites excluding steroid dienone is 1. The van der Waals surface area contributed by atoms with Gasteiger partial charge in [0.05, 0.1) is 0 Å². The van der Waals surface area contributed by atoms with Gasteiger partial charge in [-0.25, -0.2) is 0 Å². The van der Waals surface area contributed by atoms with E-state index in [4.69, 9.17) is 0 Å². The van der Waals surface area contributed by atoms with Gasteiger partial charge in [-0.2, -0.15) is 4.39 Å². The molecule has 0 unspecified atom stereocenters. The monoisotopic (exact) mass is 250 g/mol. The van der Waals surface area contributed by atoms with Crippen molar-refractivity contribution in [2.75, 3.05) is 0 Å². The summed E-state index contributed by atoms with van der Waals surface area (Å²) in [5.41, 5.74) is 1.18. The molecule has 1 aromatic carbocycles. The van der Waals surface area contributed by atoms with E-state index in [0.29, 0.717) is 5.92 Å². The molecule has 0 amide bonds. The summed E-state index contributed by atoms with van der Waals surface area (Å²) < 4.78 is 13.7. The zero-order chi connectivity index (χ0) is 11.9. The van der Waals surface area contributed by atoms with Crippen LogP contribution in [0.2, 0.25) is 0 Å². The number of halogens is 1. The molecule has 0 heterocycles. The van der Waals surface area contributed by atoms with Gasteiger partial charge >= 0.3 is 0 Å². The topological polar surface area (TPSA) is 0 Å². The quantitative estimate of drug-likeness (QED) is 0.697. The lowest BCUT2D eigenvalue weighted by Crippen LogP contribution is -2.02. The second kappa shape index (κ2) is 6.85. The summed E-state index contributed by atoms with van der Waals surface area (Å²) in [6.45, 7) is 0. The van der Waals surface area contributed by atoms with Gasteiger partial charge in [0, 0.05) is 5.75 Å². The zero-order valence-corrected chi connectivity index (χ0v) is 10.9. The van der Waals surface area contributed by atoms with Crippen molar-refractivity contribution in [1.82, 2.24) is 0 Å². The lowest BCUT2D eigenvalue weighted by atomic mass is 9.89. The highest BCUT2D eigenvalue weighted by Gasteiger charge is 2.12. The Hall–Kier alpha value is -0.760. The molecule has 1 aromatic rings. The molecular weight excluding hydrogens is 231 g/mol. The number of rotatable bonds is 4. The molecule has 0 saturated heterocycles. The summed E-state index contributed by atoms with van der Waals surface area (Å²) in [7, 11) is 0. The summed E-state index contributed by atoms with van der Waals surface area (Å²) in [4.78, 5) is 0. The Kier molecular flexibility index (Phi) is 5.11. The van der Waals surface area contributed by atoms with E-state index in [-0.39, 0.29) is 5.16 Å². The molecule has 17 heavy (non-hydrogen) atoms. The average molecular weight is 250 g/mol. The standard InChI is InChI=1S/C15H19FS/c16-15(11-13-7-3-1-4-8-13)17-12-14-9-5-2-6-10-14/h2,5-6,9-11,13H,1,3-4,7-8,12H2/b15-11-. The second-order valence-corrected chi connectivity index (χ2v) is 5.61. The van der Waals surface area contributed by atoms with Crippen LogP contribution in [0.1, 0.15) is 37.7 Å². The number of thioether (sulfide) groups is 1. The largest absolute Gasteiger partial charge is 0.200 e. The molecule has 0 nitrogen and oxygen atoms in total. The molecule has 92 valence electrons. The van der Waals surface area contributed by atoms with E-state index in [1.807, 2.05) is 36.4 Å². The summed E-state index contributed by atoms with van der Waals surface area (Å²) in [5, 5.41) is 0.000697. The van der Waals surface area contributed by atoms with Crippen molar-refractivity contribution >= 4 is 11.8 Å². The van der Waals surface area contributed by atoms with Gasteiger partial charge < -0.3 is 0 Å². The summed E-state index contributed by atoms with van der Waals surface area (Å²) in [6.07, 6.45) is 8.02. The van der Waals surface area contributed by atoms with Crippen LogP contribution >= 0.6 is 11.8 Å². The van der Waals surface area contributed by atoms with E-state index >= 15 is 0 Å². The summed E-state index contributed by atoms with van der Waals surface area (Å²) in [6, 6.07) is 10.1. The molecule has 0 aliphatic heterocycles. The Morgan fingerprint density at radius 1 is 1.18 bits per heavy atom. The van der Waals surface area contributed by atoms with Crippen LogP contribution in [0.15, 0.2) is 41.6 Å². The van der Waals surface area contributed by atoms with Crippen molar-refractivity contribution in [2.45, 2.75) is 37.9 Å². The third-order valence-electron chi connectivity index (χ3n) is 3.24. The van der Waals surface area contributed by atoms with Gasteiger partial charge in [0.2, 0.25) is 0 Å². The maximum atomic E-state index is 13.7. The number of hydrogen-bond donors (Lipinski definition) is 0. The van der Waals surface area contributed by atoms with Crippen molar-refractivity contribution in [2.24, 2.45) is 5.92 Å². The maximum Gasteiger partial charge on any atom is 0.153 e. The lowest BCUT2D eigenvalue weighted by molar-refractivity contribution is 0.415. The maximum absolute atomic E-state index is 13.7. The first-order chi connectivity index (χ1) is 8.34. The van der Waals surface area contributed by atoms with Gasteiger partial charge in [-0.15, -0.1) is 0 Å². The Morgan fingerprint density at radius 2 is 1.88 bits per heavy atom. The number of benzene rings is 1. The van der Waals surface area contributed by atoms with Crippen LogP contribution in [-0.2, 0) is 5.75 Å². The van der Waals surface area contributed by atoms with Crippen LogP contribution in [0.5, 0.6) is 0 Å². The van der Waals surface area contributed by atoms with Gasteiger partial charge in [0.1, 0.15) is 0 Å². The van der Waals surface area contributed by atoms with Crippen LogP contribution in [0.25, 0.3) is 0 Å². The molecule has 0 N–H and O–H groups in total. The van der Waals surface area contributed by atoms with Crippen molar-refractivity contribution in [3.63, 3.8) is 0 Å². The summed E-state index contributed by atoms with van der Waals surface area (Å²) in [5.74, 6) is 1.21. The van der Waals surface area contributed by atoms with E-state index < -0.39 is 0 Å². The smallest absolute Gasteiger partial charge is 0.153 e. The molecule has 1 aliphatic carbocycles. The highest BCUT2D eigenvalue weighted by atomic mass is 32.2. The van der Waals surface area contributed by atoms with Crippen LogP contribution in [-0.4, -0.2) is 0 Å². The molecule has 2 rings (SSSR count). The van der Waals surface area contributed by atoms with Crippen molar-refractivity contribution in [3.8, 4) is 0 Å². The molecule has 0 radical (unpaired) electrons. The molecule has 0 aromatic heterocycles. The third kappa shape index (κ3) is 4.55. The minimum Gasteiger partial charge on any atom is -0.200 e. The van der Waals surface area contributed by atoms with E-state index in [1.54, 1.807) is 0 Å². The fourth-order valence-electron chi connectivity index (χ4n) is 2.26. The molecule has 0 atom stereocenters. The molecule has 1 aliphatic rings.